The molecule has 19 heavy (non-hydrogen) atoms. The van der Waals surface area contributed by atoms with E-state index in [4.69, 9.17) is 11.6 Å². The van der Waals surface area contributed by atoms with Crippen molar-refractivity contribution in [2.45, 2.75) is 31.2 Å². The first-order valence-electron chi connectivity index (χ1n) is 5.62. The van der Waals surface area contributed by atoms with Crippen LogP contribution < -0.4 is 10.0 Å². The number of rotatable bonds is 3. The summed E-state index contributed by atoms with van der Waals surface area (Å²) < 4.78 is 26.8. The van der Waals surface area contributed by atoms with Crippen LogP contribution in [0.2, 0.25) is 5.02 Å². The minimum absolute atomic E-state index is 0.00502. The molecule has 0 aliphatic rings. The van der Waals surface area contributed by atoms with Crippen LogP contribution >= 0.6 is 11.6 Å². The molecule has 0 aliphatic carbocycles. The van der Waals surface area contributed by atoms with Crippen molar-refractivity contribution in [1.29, 1.82) is 0 Å². The number of carbonyl (C=O) groups is 1. The van der Waals surface area contributed by atoms with Gasteiger partial charge in [0.1, 0.15) is 0 Å². The summed E-state index contributed by atoms with van der Waals surface area (Å²) in [6, 6.07) is 4.02. The van der Waals surface area contributed by atoms with Gasteiger partial charge in [0.05, 0.1) is 15.5 Å². The van der Waals surface area contributed by atoms with E-state index < -0.39 is 21.5 Å². The molecule has 0 atom stereocenters. The largest absolute Gasteiger partial charge is 0.355 e. The Morgan fingerprint density at radius 3 is 2.32 bits per heavy atom. The van der Waals surface area contributed by atoms with Gasteiger partial charge < -0.3 is 5.32 Å². The van der Waals surface area contributed by atoms with Gasteiger partial charge in [-0.1, -0.05) is 11.6 Å². The van der Waals surface area contributed by atoms with Crippen LogP contribution in [0.5, 0.6) is 0 Å². The third kappa shape index (κ3) is 4.19. The van der Waals surface area contributed by atoms with E-state index in [0.717, 1.165) is 0 Å². The third-order valence-electron chi connectivity index (χ3n) is 2.16. The quantitative estimate of drug-likeness (QED) is 0.894. The third-order valence-corrected chi connectivity index (χ3v) is 4.25. The van der Waals surface area contributed by atoms with Gasteiger partial charge in [-0.2, -0.15) is 0 Å². The monoisotopic (exact) mass is 304 g/mol. The molecule has 0 saturated heterocycles. The van der Waals surface area contributed by atoms with Crippen LogP contribution in [0, 0.1) is 0 Å². The van der Waals surface area contributed by atoms with Crippen molar-refractivity contribution in [3.63, 3.8) is 0 Å². The highest BCUT2D eigenvalue weighted by Crippen LogP contribution is 2.21. The Morgan fingerprint density at radius 1 is 1.26 bits per heavy atom. The topological polar surface area (TPSA) is 75.3 Å². The fraction of sp³-hybridized carbons (Fsp3) is 0.417. The first kappa shape index (κ1) is 15.9. The molecule has 5 nitrogen and oxygen atoms in total. The average Bonchev–Trinajstić information content (AvgIpc) is 2.25. The van der Waals surface area contributed by atoms with Gasteiger partial charge in [0.25, 0.3) is 5.91 Å². The molecule has 1 amide bonds. The summed E-state index contributed by atoms with van der Waals surface area (Å²) in [5.74, 6) is -0.433. The zero-order valence-electron chi connectivity index (χ0n) is 11.2. The molecule has 0 heterocycles. The second-order valence-electron chi connectivity index (χ2n) is 5.08. The number of halogens is 1. The molecule has 0 bridgehead atoms. The second kappa shape index (κ2) is 5.48. The van der Waals surface area contributed by atoms with Gasteiger partial charge in [0.2, 0.25) is 10.0 Å². The molecule has 0 saturated carbocycles. The molecule has 1 rings (SSSR count). The molecule has 0 aliphatic heterocycles. The minimum Gasteiger partial charge on any atom is -0.355 e. The molecule has 0 radical (unpaired) electrons. The van der Waals surface area contributed by atoms with Gasteiger partial charge in [-0.25, -0.2) is 13.1 Å². The van der Waals surface area contributed by atoms with E-state index in [1.165, 1.54) is 25.2 Å². The zero-order chi connectivity index (χ0) is 14.8. The Bertz CT molecular complexity index is 591. The van der Waals surface area contributed by atoms with Crippen molar-refractivity contribution in [3.05, 3.63) is 28.8 Å². The highest BCUT2D eigenvalue weighted by atomic mass is 35.5. The molecule has 0 unspecified atom stereocenters. The molecular weight excluding hydrogens is 288 g/mol. The molecule has 2 N–H and O–H groups in total. The van der Waals surface area contributed by atoms with Gasteiger partial charge >= 0.3 is 0 Å². The summed E-state index contributed by atoms with van der Waals surface area (Å²) in [5.41, 5.74) is -0.480. The maximum Gasteiger partial charge on any atom is 0.252 e. The van der Waals surface area contributed by atoms with Crippen LogP contribution in [0.1, 0.15) is 31.1 Å². The number of hydrogen-bond acceptors (Lipinski definition) is 3. The summed E-state index contributed by atoms with van der Waals surface area (Å²) >= 11 is 5.88. The first-order chi connectivity index (χ1) is 8.57. The van der Waals surface area contributed by atoms with E-state index in [1.54, 1.807) is 20.8 Å². The van der Waals surface area contributed by atoms with Crippen LogP contribution in [-0.2, 0) is 10.0 Å². The maximum absolute atomic E-state index is 12.1. The number of hydrogen-bond donors (Lipinski definition) is 2. The fourth-order valence-corrected chi connectivity index (χ4v) is 3.09. The van der Waals surface area contributed by atoms with Crippen LogP contribution in [0.4, 0.5) is 0 Å². The Hall–Kier alpha value is -1.11. The molecule has 1 aromatic carbocycles. The van der Waals surface area contributed by atoms with Crippen molar-refractivity contribution >= 4 is 27.5 Å². The molecule has 1 aromatic rings. The first-order valence-corrected chi connectivity index (χ1v) is 7.48. The number of carbonyl (C=O) groups excluding carboxylic acids is 1. The molecule has 0 aromatic heterocycles. The lowest BCUT2D eigenvalue weighted by Gasteiger charge is -2.20. The van der Waals surface area contributed by atoms with Crippen molar-refractivity contribution in [3.8, 4) is 0 Å². The molecule has 0 spiro atoms. The van der Waals surface area contributed by atoms with Gasteiger partial charge in [0, 0.05) is 12.6 Å². The summed E-state index contributed by atoms with van der Waals surface area (Å²) in [6.45, 7) is 5.21. The summed E-state index contributed by atoms with van der Waals surface area (Å²) in [5, 5.41) is 2.61. The van der Waals surface area contributed by atoms with E-state index in [0.29, 0.717) is 0 Å². The van der Waals surface area contributed by atoms with Gasteiger partial charge in [-0.3, -0.25) is 4.79 Å². The predicted octanol–water partition coefficient (Wildman–Crippen LogP) is 1.78. The second-order valence-corrected chi connectivity index (χ2v) is 7.17. The Morgan fingerprint density at radius 2 is 1.84 bits per heavy atom. The van der Waals surface area contributed by atoms with Crippen LogP contribution in [-0.4, -0.2) is 26.9 Å². The zero-order valence-corrected chi connectivity index (χ0v) is 12.8. The Labute approximate surface area is 118 Å². The lowest BCUT2D eigenvalue weighted by molar-refractivity contribution is 0.0963. The summed E-state index contributed by atoms with van der Waals surface area (Å²) in [4.78, 5) is 11.6. The fourth-order valence-electron chi connectivity index (χ4n) is 1.44. The van der Waals surface area contributed by atoms with Crippen molar-refractivity contribution in [2.24, 2.45) is 0 Å². The molecule has 7 heteroatoms. The molecule has 106 valence electrons. The van der Waals surface area contributed by atoms with E-state index in [9.17, 15) is 13.2 Å². The normalized spacial score (nSPS) is 12.3. The maximum atomic E-state index is 12.1. The van der Waals surface area contributed by atoms with Crippen molar-refractivity contribution in [1.82, 2.24) is 10.0 Å². The Kier molecular flexibility index (Phi) is 4.60. The number of benzene rings is 1. The number of nitrogens with one attached hydrogen (secondary N) is 2. The predicted molar refractivity (Wildman–Crippen MR) is 74.9 cm³/mol. The summed E-state index contributed by atoms with van der Waals surface area (Å²) in [6.07, 6.45) is 0. The van der Waals surface area contributed by atoms with E-state index in [2.05, 4.69) is 10.0 Å². The van der Waals surface area contributed by atoms with Crippen LogP contribution in [0.15, 0.2) is 23.1 Å². The smallest absolute Gasteiger partial charge is 0.252 e. The number of sulfonamides is 1. The lowest BCUT2D eigenvalue weighted by Crippen LogP contribution is -2.40. The van der Waals surface area contributed by atoms with Crippen LogP contribution in [0.3, 0.4) is 0 Å². The van der Waals surface area contributed by atoms with Crippen molar-refractivity contribution in [2.75, 3.05) is 7.05 Å². The van der Waals surface area contributed by atoms with Gasteiger partial charge in [-0.15, -0.1) is 0 Å². The van der Waals surface area contributed by atoms with Crippen molar-refractivity contribution < 1.29 is 13.2 Å². The van der Waals surface area contributed by atoms with Crippen LogP contribution in [0.25, 0.3) is 0 Å². The SMILES string of the molecule is CNC(=O)c1cc(S(=O)(=O)NC(C)(C)C)ccc1Cl. The molecular formula is C12H17ClN2O3S. The van der Waals surface area contributed by atoms with E-state index >= 15 is 0 Å². The lowest BCUT2D eigenvalue weighted by atomic mass is 10.1. The highest BCUT2D eigenvalue weighted by Gasteiger charge is 2.23. The number of amides is 1. The van der Waals surface area contributed by atoms with E-state index in [-0.39, 0.29) is 15.5 Å². The average molecular weight is 305 g/mol. The Balaban J connectivity index is 3.26. The van der Waals surface area contributed by atoms with E-state index in [1.807, 2.05) is 0 Å². The highest BCUT2D eigenvalue weighted by molar-refractivity contribution is 7.89. The van der Waals surface area contributed by atoms with Gasteiger partial charge in [0.15, 0.2) is 0 Å². The standard InChI is InChI=1S/C12H17ClN2O3S/c1-12(2,3)15-19(17,18)8-5-6-10(13)9(7-8)11(16)14-4/h5-7,15H,1-4H3,(H,14,16). The summed E-state index contributed by atoms with van der Waals surface area (Å²) in [7, 11) is -2.24. The molecule has 0 fully saturated rings. The minimum atomic E-state index is -3.69. The van der Waals surface area contributed by atoms with Gasteiger partial charge in [-0.05, 0) is 39.0 Å².